The van der Waals surface area contributed by atoms with Gasteiger partial charge in [0, 0.05) is 72.9 Å². The average Bonchev–Trinajstić information content (AvgIpc) is 3.63. The molecule has 2 amide bonds. The predicted molar refractivity (Wildman–Crippen MR) is 233 cm³/mol. The van der Waals surface area contributed by atoms with E-state index in [1.807, 2.05) is 49.6 Å². The third kappa shape index (κ3) is 13.6. The molecule has 1 fully saturated rings. The van der Waals surface area contributed by atoms with E-state index in [-0.39, 0.29) is 70.2 Å². The molecule has 3 heterocycles. The van der Waals surface area contributed by atoms with E-state index in [4.69, 9.17) is 18.7 Å². The number of anilines is 1. The van der Waals surface area contributed by atoms with E-state index in [0.717, 1.165) is 17.2 Å². The highest BCUT2D eigenvalue weighted by molar-refractivity contribution is 7.86. The third-order valence-corrected chi connectivity index (χ3v) is 13.4. The van der Waals surface area contributed by atoms with Crippen LogP contribution in [0.3, 0.4) is 0 Å². The van der Waals surface area contributed by atoms with E-state index in [1.165, 1.54) is 12.1 Å². The van der Waals surface area contributed by atoms with Gasteiger partial charge in [-0.3, -0.25) is 9.59 Å². The molecule has 5 rings (SSSR count). The molecule has 1 aliphatic carbocycles. The molecule has 0 spiro atoms. The largest absolute Gasteiger partial charge is 0.748 e. The molecule has 1 unspecified atom stereocenters. The van der Waals surface area contributed by atoms with E-state index < -0.39 is 70.0 Å². The Balaban J connectivity index is 1.54. The highest BCUT2D eigenvalue weighted by atomic mass is 32.2. The van der Waals surface area contributed by atoms with Crippen molar-refractivity contribution < 1.29 is 72.0 Å². The Morgan fingerprint density at radius 1 is 0.892 bits per heavy atom. The number of imide groups is 1. The zero-order valence-corrected chi connectivity index (χ0v) is 39.2. The van der Waals surface area contributed by atoms with Crippen molar-refractivity contribution in [3.63, 3.8) is 0 Å². The van der Waals surface area contributed by atoms with Crippen molar-refractivity contribution in [2.45, 2.75) is 81.9 Å². The molecule has 356 valence electrons. The number of methoxy groups -OCH3 is 1. The average molecular weight is 964 g/mol. The predicted octanol–water partition coefficient (Wildman–Crippen LogP) is 2.95. The number of rotatable bonds is 21. The Hall–Kier alpha value is -4.81. The van der Waals surface area contributed by atoms with Crippen molar-refractivity contribution in [1.82, 2.24) is 9.64 Å². The van der Waals surface area contributed by atoms with E-state index in [2.05, 4.69) is 0 Å². The number of amides is 2. The molecule has 4 aliphatic rings. The Bertz CT molecular complexity index is 2700. The first kappa shape index (κ1) is 51.2. The van der Waals surface area contributed by atoms with Crippen molar-refractivity contribution in [2.75, 3.05) is 63.0 Å². The van der Waals surface area contributed by atoms with Crippen LogP contribution in [0.15, 0.2) is 69.6 Å². The van der Waals surface area contributed by atoms with Crippen LogP contribution in [0.25, 0.3) is 17.4 Å². The van der Waals surface area contributed by atoms with Gasteiger partial charge in [0.2, 0.25) is 5.36 Å². The van der Waals surface area contributed by atoms with Crippen LogP contribution in [0.5, 0.6) is 0 Å². The van der Waals surface area contributed by atoms with Gasteiger partial charge in [-0.15, -0.1) is 5.06 Å². The molecule has 19 nitrogen and oxygen atoms in total. The minimum atomic E-state index is -4.93. The second-order valence-corrected chi connectivity index (χ2v) is 21.3. The number of carbonyl (C=O) groups is 3. The van der Waals surface area contributed by atoms with Crippen molar-refractivity contribution in [3.8, 4) is 11.3 Å². The van der Waals surface area contributed by atoms with Crippen LogP contribution in [0, 0.1) is 0 Å². The van der Waals surface area contributed by atoms with Crippen molar-refractivity contribution in [1.29, 1.82) is 0 Å². The minimum Gasteiger partial charge on any atom is -0.748 e. The summed E-state index contributed by atoms with van der Waals surface area (Å²) in [6.07, 6.45) is 4.72. The first-order valence-electron chi connectivity index (χ1n) is 20.7. The Morgan fingerprint density at radius 2 is 1.57 bits per heavy atom. The van der Waals surface area contributed by atoms with Gasteiger partial charge in [-0.05, 0) is 78.8 Å². The second-order valence-electron chi connectivity index (χ2n) is 16.9. The summed E-state index contributed by atoms with van der Waals surface area (Å²) in [5.74, 6) is -2.42. The molecule has 3 aliphatic heterocycles. The summed E-state index contributed by atoms with van der Waals surface area (Å²) in [6, 6.07) is 11.4. The molecule has 0 bridgehead atoms. The number of hydrogen-bond donors (Lipinski definition) is 0. The van der Waals surface area contributed by atoms with E-state index in [0.29, 0.717) is 52.0 Å². The van der Waals surface area contributed by atoms with Gasteiger partial charge in [0.15, 0.2) is 6.54 Å². The lowest BCUT2D eigenvalue weighted by molar-refractivity contribution is -0.198. The Labute approximate surface area is 378 Å². The summed E-state index contributed by atoms with van der Waals surface area (Å²) >= 11 is 0. The topological polar surface area (TPSA) is 273 Å². The standard InChI is InChI=1S/C43H55N3O16S3/c1-42(2,3)34-28-31(61-37-27-30(11-13-33(34)37)44(20-23-59-5)19-8-26-64(53,54)55)9-6-10-38-43(4,18-7-25-63(50,51)52)35-29-32(65(56,57)58)12-14-36(35)45(38)21-24-60-22-17-41(49)62-46-39(47)15-16-40(46)48/h6,9-14,27-29H,7-8,15-26H2,1-5H3,(H2-,50,51,52,53,54,55,56,57,58)/p-2. The van der Waals surface area contributed by atoms with Crippen LogP contribution >= 0.6 is 0 Å². The number of allylic oxidation sites excluding steroid dienone is 3. The monoisotopic (exact) mass is 963 g/mol. The van der Waals surface area contributed by atoms with Crippen molar-refractivity contribution in [2.24, 2.45) is 0 Å². The molecule has 0 aromatic heterocycles. The first-order valence-corrected chi connectivity index (χ1v) is 25.3. The van der Waals surface area contributed by atoms with E-state index in [1.54, 1.807) is 37.2 Å². The van der Waals surface area contributed by atoms with Crippen LogP contribution in [-0.4, -0.2) is 120 Å². The third-order valence-electron chi connectivity index (χ3n) is 11.0. The van der Waals surface area contributed by atoms with Crippen LogP contribution < -0.4 is 14.8 Å². The van der Waals surface area contributed by atoms with Gasteiger partial charge in [0.25, 0.3) is 11.8 Å². The molecule has 22 heteroatoms. The highest BCUT2D eigenvalue weighted by Crippen LogP contribution is 2.51. The van der Waals surface area contributed by atoms with Crippen LogP contribution in [0.2, 0.25) is 0 Å². The molecule has 1 aromatic carbocycles. The molecular formula is C43H53N3O16S3-2. The van der Waals surface area contributed by atoms with E-state index >= 15 is 0 Å². The summed E-state index contributed by atoms with van der Waals surface area (Å²) < 4.78 is 125. The number of ether oxygens (including phenoxy) is 2. The maximum Gasteiger partial charge on any atom is 0.335 e. The fourth-order valence-electron chi connectivity index (χ4n) is 7.84. The second kappa shape index (κ2) is 20.8. The van der Waals surface area contributed by atoms with Gasteiger partial charge in [-0.1, -0.05) is 26.8 Å². The van der Waals surface area contributed by atoms with Gasteiger partial charge in [-0.25, -0.2) is 34.6 Å². The number of hydrogen-bond acceptors (Lipinski definition) is 17. The summed E-state index contributed by atoms with van der Waals surface area (Å²) in [5, 5.41) is 1.14. The highest BCUT2D eigenvalue weighted by Gasteiger charge is 2.43. The Kier molecular flexibility index (Phi) is 16.4. The molecule has 1 atom stereocenters. The fourth-order valence-corrected chi connectivity index (χ4v) is 9.32. The van der Waals surface area contributed by atoms with Gasteiger partial charge in [-0.2, -0.15) is 0 Å². The normalized spacial score (nSPS) is 18.4. The van der Waals surface area contributed by atoms with Gasteiger partial charge in [0.05, 0.1) is 50.8 Å². The van der Waals surface area contributed by atoms with Gasteiger partial charge in [0.1, 0.15) is 34.8 Å². The maximum absolute atomic E-state index is 12.4. The SMILES string of the molecule is COCC[N+](CCCS(=O)(=O)[O-])=c1ccc2c(C(C)(C)C)cc(/C=C/C=C3/N(CCOCCC(=O)ON4C(=O)CCC4=O)c4ccc(S(=O)(=O)[O-])cc4C3(C)CCCS(=O)(=O)[O-])oc-2c1. The lowest BCUT2D eigenvalue weighted by atomic mass is 9.77. The van der Waals surface area contributed by atoms with E-state index in [9.17, 15) is 53.3 Å². The molecule has 1 aromatic rings. The molecule has 1 saturated heterocycles. The number of fused-ring (bicyclic) bond motifs is 2. The van der Waals surface area contributed by atoms with Crippen molar-refractivity contribution >= 4 is 59.9 Å². The van der Waals surface area contributed by atoms with Crippen LogP contribution in [-0.2, 0) is 69.9 Å². The molecule has 65 heavy (non-hydrogen) atoms. The zero-order valence-electron chi connectivity index (χ0n) is 36.8. The summed E-state index contributed by atoms with van der Waals surface area (Å²) in [5.41, 5.74) is 1.59. The van der Waals surface area contributed by atoms with Gasteiger partial charge < -0.3 is 37.3 Å². The maximum atomic E-state index is 12.4. The summed E-state index contributed by atoms with van der Waals surface area (Å²) in [6.45, 7) is 8.77. The lowest BCUT2D eigenvalue weighted by Gasteiger charge is -2.30. The number of hydroxylamine groups is 2. The van der Waals surface area contributed by atoms with Gasteiger partial charge >= 0.3 is 5.97 Å². The zero-order chi connectivity index (χ0) is 48.0. The molecule has 0 saturated carbocycles. The molecular weight excluding hydrogens is 911 g/mol. The molecule has 0 radical (unpaired) electrons. The summed E-state index contributed by atoms with van der Waals surface area (Å²) in [7, 11) is -12.4. The first-order chi connectivity index (χ1) is 30.3. The van der Waals surface area contributed by atoms with Crippen LogP contribution in [0.1, 0.15) is 83.1 Å². The fraction of sp³-hybridized carbons (Fsp3) is 0.488. The Morgan fingerprint density at radius 3 is 2.20 bits per heavy atom. The lowest BCUT2D eigenvalue weighted by Crippen LogP contribution is -2.34. The van der Waals surface area contributed by atoms with Crippen molar-refractivity contribution in [3.05, 3.63) is 82.6 Å². The molecule has 0 N–H and O–H groups in total. The number of nitrogens with zero attached hydrogens (tertiary/aromatic N) is 3. The van der Waals surface area contributed by atoms with Crippen LogP contribution in [0.4, 0.5) is 5.69 Å². The smallest absolute Gasteiger partial charge is 0.335 e. The number of benzene rings is 2. The minimum absolute atomic E-state index is 0.0205. The summed E-state index contributed by atoms with van der Waals surface area (Å²) in [4.78, 5) is 42.3. The quantitative estimate of drug-likeness (QED) is 0.0642. The number of carbonyl (C=O) groups excluding carboxylic acids is 3.